The fourth-order valence-corrected chi connectivity index (χ4v) is 1.94. The third-order valence-corrected chi connectivity index (χ3v) is 3.28. The predicted molar refractivity (Wildman–Crippen MR) is 76.6 cm³/mol. The summed E-state index contributed by atoms with van der Waals surface area (Å²) in [5.74, 6) is -0.896. The van der Waals surface area contributed by atoms with Gasteiger partial charge in [0.05, 0.1) is 16.9 Å². The smallest absolute Gasteiger partial charge is 0.335 e. The van der Waals surface area contributed by atoms with Crippen LogP contribution >= 0.6 is 0 Å². The largest absolute Gasteiger partial charge is 0.478 e. The second-order valence-corrected chi connectivity index (χ2v) is 4.75. The number of carbonyl (C=O) groups is 2. The van der Waals surface area contributed by atoms with Crippen molar-refractivity contribution in [2.45, 2.75) is 38.2 Å². The molecule has 108 valence electrons. The third-order valence-electron chi connectivity index (χ3n) is 3.28. The van der Waals surface area contributed by atoms with Crippen LogP contribution in [0, 0.1) is 0 Å². The minimum atomic E-state index is -1.05. The van der Waals surface area contributed by atoms with Crippen molar-refractivity contribution in [2.24, 2.45) is 4.99 Å². The molecule has 0 aromatic rings. The summed E-state index contributed by atoms with van der Waals surface area (Å²) in [4.78, 5) is 25.8. The second-order valence-electron chi connectivity index (χ2n) is 4.75. The summed E-state index contributed by atoms with van der Waals surface area (Å²) in [5.41, 5.74) is -0.578. The van der Waals surface area contributed by atoms with Crippen molar-refractivity contribution in [1.82, 2.24) is 0 Å². The molecular weight excluding hydrogens is 258 g/mol. The number of carboxylic acids is 1. The molecule has 1 fully saturated rings. The fraction of sp³-hybridized carbons (Fsp3) is 0.400. The highest BCUT2D eigenvalue weighted by Gasteiger charge is 2.29. The van der Waals surface area contributed by atoms with Gasteiger partial charge in [0, 0.05) is 12.8 Å². The Bertz CT molecular complexity index is 490. The van der Waals surface area contributed by atoms with Gasteiger partial charge in [0.2, 0.25) is 0 Å². The van der Waals surface area contributed by atoms with Gasteiger partial charge in [-0.3, -0.25) is 9.79 Å². The van der Waals surface area contributed by atoms with Crippen molar-refractivity contribution >= 4 is 18.5 Å². The molecule has 1 saturated carbocycles. The van der Waals surface area contributed by atoms with Gasteiger partial charge >= 0.3 is 5.97 Å². The number of allylic oxidation sites excluding steroid dienone is 2. The van der Waals surface area contributed by atoms with Crippen LogP contribution < -0.4 is 0 Å². The van der Waals surface area contributed by atoms with Crippen molar-refractivity contribution in [3.63, 3.8) is 0 Å². The molecule has 0 radical (unpaired) electrons. The zero-order valence-electron chi connectivity index (χ0n) is 11.5. The molecule has 2 N–H and O–H groups in total. The average molecular weight is 277 g/mol. The Morgan fingerprint density at radius 2 is 2.00 bits per heavy atom. The molecule has 20 heavy (non-hydrogen) atoms. The molecule has 0 heterocycles. The van der Waals surface area contributed by atoms with E-state index in [1.54, 1.807) is 13.0 Å². The number of hydrogen-bond acceptors (Lipinski definition) is 4. The van der Waals surface area contributed by atoms with Crippen LogP contribution in [0.25, 0.3) is 0 Å². The number of ketones is 1. The maximum atomic E-state index is 11.2. The number of aliphatic carboxylic acids is 1. The fourth-order valence-electron chi connectivity index (χ4n) is 1.94. The van der Waals surface area contributed by atoms with Gasteiger partial charge in [0.1, 0.15) is 5.78 Å². The number of carboxylic acid groups (broad SMARTS) is 1. The number of carbonyl (C=O) groups excluding carboxylic acids is 1. The minimum absolute atomic E-state index is 0.0999. The molecule has 0 aromatic carbocycles. The summed E-state index contributed by atoms with van der Waals surface area (Å²) < 4.78 is 0. The lowest BCUT2D eigenvalue weighted by atomic mass is 9.84. The van der Waals surface area contributed by atoms with E-state index >= 15 is 0 Å². The molecule has 1 aliphatic carbocycles. The van der Waals surface area contributed by atoms with Crippen LogP contribution in [0.1, 0.15) is 32.6 Å². The lowest BCUT2D eigenvalue weighted by Gasteiger charge is -2.28. The van der Waals surface area contributed by atoms with Gasteiger partial charge in [-0.25, -0.2) is 4.79 Å². The summed E-state index contributed by atoms with van der Waals surface area (Å²) in [6.45, 7) is 5.00. The van der Waals surface area contributed by atoms with Crippen LogP contribution in [-0.4, -0.2) is 34.3 Å². The molecule has 5 heteroatoms. The monoisotopic (exact) mass is 277 g/mol. The number of hydrogen-bond donors (Lipinski definition) is 2. The number of Topliss-reactive ketones (excluding diaryl/α,β-unsaturated/α-hetero) is 1. The third kappa shape index (κ3) is 4.59. The molecule has 0 atom stereocenters. The first-order valence-electron chi connectivity index (χ1n) is 6.41. The Kier molecular flexibility index (Phi) is 5.58. The lowest BCUT2D eigenvalue weighted by molar-refractivity contribution is -0.132. The Morgan fingerprint density at radius 1 is 1.40 bits per heavy atom. The van der Waals surface area contributed by atoms with E-state index in [1.165, 1.54) is 18.2 Å². The van der Waals surface area contributed by atoms with E-state index in [-0.39, 0.29) is 11.4 Å². The van der Waals surface area contributed by atoms with E-state index in [0.717, 1.165) is 0 Å². The van der Waals surface area contributed by atoms with Crippen LogP contribution in [0.5, 0.6) is 0 Å². The van der Waals surface area contributed by atoms with Crippen molar-refractivity contribution in [1.29, 1.82) is 0 Å². The highest BCUT2D eigenvalue weighted by Crippen LogP contribution is 2.27. The van der Waals surface area contributed by atoms with Gasteiger partial charge in [-0.15, -0.1) is 0 Å². The van der Waals surface area contributed by atoms with Crippen LogP contribution in [0.3, 0.4) is 0 Å². The van der Waals surface area contributed by atoms with E-state index < -0.39 is 11.6 Å². The van der Waals surface area contributed by atoms with Crippen molar-refractivity contribution < 1.29 is 19.8 Å². The van der Waals surface area contributed by atoms with Gasteiger partial charge in [-0.05, 0) is 38.6 Å². The maximum Gasteiger partial charge on any atom is 0.335 e. The maximum absolute atomic E-state index is 11.2. The standard InChI is InChI=1S/C15H19NO4/c1-3-11(14(18)19)10-12(16-2)4-7-15(20)8-5-13(17)6-9-15/h3-4,7,10,20H,2,5-6,8-9H2,1H3,(H,18,19)/b7-4+,11-3+,12-10-. The van der Waals surface area contributed by atoms with Crippen molar-refractivity contribution in [2.75, 3.05) is 0 Å². The summed E-state index contributed by atoms with van der Waals surface area (Å²) in [5, 5.41) is 19.2. The first-order chi connectivity index (χ1) is 9.40. The predicted octanol–water partition coefficient (Wildman–Crippen LogP) is 2.03. The SMILES string of the molecule is C=NC(=C\C(=C/C)C(=O)O)/C=C/C1(O)CCC(=O)CC1. The van der Waals surface area contributed by atoms with Crippen molar-refractivity contribution in [3.8, 4) is 0 Å². The summed E-state index contributed by atoms with van der Waals surface area (Å²) in [7, 11) is 0. The number of nitrogens with zero attached hydrogens (tertiary/aromatic N) is 1. The molecule has 1 aliphatic rings. The highest BCUT2D eigenvalue weighted by molar-refractivity contribution is 5.90. The van der Waals surface area contributed by atoms with E-state index in [1.807, 2.05) is 0 Å². The van der Waals surface area contributed by atoms with E-state index in [9.17, 15) is 14.7 Å². The quantitative estimate of drug-likeness (QED) is 0.457. The van der Waals surface area contributed by atoms with E-state index in [2.05, 4.69) is 11.7 Å². The van der Waals surface area contributed by atoms with Crippen LogP contribution in [0.2, 0.25) is 0 Å². The molecular formula is C15H19NO4. The molecule has 5 nitrogen and oxygen atoms in total. The highest BCUT2D eigenvalue weighted by atomic mass is 16.4. The molecule has 1 rings (SSSR count). The van der Waals surface area contributed by atoms with Gasteiger partial charge in [0.15, 0.2) is 0 Å². The van der Waals surface area contributed by atoms with Crippen LogP contribution in [0.15, 0.2) is 40.6 Å². The Labute approximate surface area is 118 Å². The summed E-state index contributed by atoms with van der Waals surface area (Å²) >= 11 is 0. The molecule has 0 aromatic heterocycles. The minimum Gasteiger partial charge on any atom is -0.478 e. The Hall–Kier alpha value is -2.01. The average Bonchev–Trinajstić information content (AvgIpc) is 2.42. The summed E-state index contributed by atoms with van der Waals surface area (Å²) in [6.07, 6.45) is 7.40. The van der Waals surface area contributed by atoms with Gasteiger partial charge in [-0.2, -0.15) is 0 Å². The van der Waals surface area contributed by atoms with Gasteiger partial charge in [-0.1, -0.05) is 12.2 Å². The van der Waals surface area contributed by atoms with Crippen LogP contribution in [0.4, 0.5) is 0 Å². The lowest BCUT2D eigenvalue weighted by Crippen LogP contribution is -2.31. The van der Waals surface area contributed by atoms with E-state index in [4.69, 9.17) is 5.11 Å². The number of aliphatic imine (C=N–C) groups is 1. The number of aliphatic hydroxyl groups is 1. The number of rotatable bonds is 5. The zero-order valence-corrected chi connectivity index (χ0v) is 11.5. The zero-order chi connectivity index (χ0) is 15.2. The molecule has 0 unspecified atom stereocenters. The van der Waals surface area contributed by atoms with Crippen molar-refractivity contribution in [3.05, 3.63) is 35.6 Å². The Balaban J connectivity index is 2.85. The van der Waals surface area contributed by atoms with Crippen LogP contribution in [-0.2, 0) is 9.59 Å². The van der Waals surface area contributed by atoms with Gasteiger partial charge in [0.25, 0.3) is 0 Å². The second kappa shape index (κ2) is 6.96. The van der Waals surface area contributed by atoms with E-state index in [0.29, 0.717) is 31.4 Å². The molecule has 0 spiro atoms. The first kappa shape index (κ1) is 16.0. The Morgan fingerprint density at radius 3 is 2.45 bits per heavy atom. The molecule has 0 bridgehead atoms. The molecule has 0 saturated heterocycles. The first-order valence-corrected chi connectivity index (χ1v) is 6.41. The van der Waals surface area contributed by atoms with Gasteiger partial charge < -0.3 is 10.2 Å². The topological polar surface area (TPSA) is 87.0 Å². The molecule has 0 amide bonds. The normalized spacial score (nSPS) is 20.2. The summed E-state index contributed by atoms with van der Waals surface area (Å²) in [6, 6.07) is 0. The molecule has 0 aliphatic heterocycles.